The molecule has 0 aliphatic carbocycles. The second kappa shape index (κ2) is 5.47. The first-order chi connectivity index (χ1) is 6.75. The molecule has 0 saturated heterocycles. The standard InChI is InChI=1S/C10H14O4/c1-13-5-6-14-7-8-3-2-4-9(11)10(8)12/h2-4,11-12H,5-7H2,1H3. The van der Waals surface area contributed by atoms with Gasteiger partial charge in [-0.3, -0.25) is 0 Å². The Bertz CT molecular complexity index is 285. The average molecular weight is 198 g/mol. The van der Waals surface area contributed by atoms with Gasteiger partial charge in [-0.1, -0.05) is 12.1 Å². The van der Waals surface area contributed by atoms with Crippen LogP contribution in [0.3, 0.4) is 0 Å². The minimum absolute atomic E-state index is 0.120. The van der Waals surface area contributed by atoms with Gasteiger partial charge >= 0.3 is 0 Å². The van der Waals surface area contributed by atoms with Gasteiger partial charge in [0.1, 0.15) is 0 Å². The van der Waals surface area contributed by atoms with Crippen molar-refractivity contribution in [1.82, 2.24) is 0 Å². The largest absolute Gasteiger partial charge is 0.504 e. The molecule has 0 heterocycles. The van der Waals surface area contributed by atoms with E-state index in [1.54, 1.807) is 19.2 Å². The number of phenols is 2. The molecule has 0 saturated carbocycles. The summed E-state index contributed by atoms with van der Waals surface area (Å²) in [6.07, 6.45) is 0. The second-order valence-electron chi connectivity index (χ2n) is 2.83. The lowest BCUT2D eigenvalue weighted by atomic mass is 10.2. The molecule has 0 radical (unpaired) electrons. The van der Waals surface area contributed by atoms with Gasteiger partial charge in [0.05, 0.1) is 19.8 Å². The number of hydrogen-bond donors (Lipinski definition) is 2. The molecule has 78 valence electrons. The third-order valence-corrected chi connectivity index (χ3v) is 1.79. The van der Waals surface area contributed by atoms with E-state index < -0.39 is 0 Å². The Hall–Kier alpha value is -1.26. The monoisotopic (exact) mass is 198 g/mol. The molecular formula is C10H14O4. The van der Waals surface area contributed by atoms with E-state index in [1.807, 2.05) is 0 Å². The van der Waals surface area contributed by atoms with E-state index in [0.717, 1.165) is 0 Å². The van der Waals surface area contributed by atoms with Crippen LogP contribution in [0, 0.1) is 0 Å². The van der Waals surface area contributed by atoms with Crippen molar-refractivity contribution in [1.29, 1.82) is 0 Å². The summed E-state index contributed by atoms with van der Waals surface area (Å²) >= 11 is 0. The fourth-order valence-electron chi connectivity index (χ4n) is 1.02. The Labute approximate surface area is 82.7 Å². The molecule has 1 rings (SSSR count). The first-order valence-electron chi connectivity index (χ1n) is 4.32. The molecule has 14 heavy (non-hydrogen) atoms. The summed E-state index contributed by atoms with van der Waals surface area (Å²) in [5.41, 5.74) is 0.570. The van der Waals surface area contributed by atoms with E-state index in [4.69, 9.17) is 9.47 Å². The van der Waals surface area contributed by atoms with Gasteiger partial charge in [-0.25, -0.2) is 0 Å². The third-order valence-electron chi connectivity index (χ3n) is 1.79. The van der Waals surface area contributed by atoms with Crippen LogP contribution in [0.2, 0.25) is 0 Å². The Morgan fingerprint density at radius 2 is 2.00 bits per heavy atom. The first kappa shape index (κ1) is 10.8. The Morgan fingerprint density at radius 3 is 2.71 bits per heavy atom. The Morgan fingerprint density at radius 1 is 1.21 bits per heavy atom. The molecule has 1 aromatic rings. The SMILES string of the molecule is COCCOCc1cccc(O)c1O. The molecule has 2 N–H and O–H groups in total. The van der Waals surface area contributed by atoms with E-state index in [1.165, 1.54) is 6.07 Å². The van der Waals surface area contributed by atoms with Gasteiger partial charge in [0.2, 0.25) is 0 Å². The van der Waals surface area contributed by atoms with Gasteiger partial charge in [0.15, 0.2) is 11.5 Å². The fraction of sp³-hybridized carbons (Fsp3) is 0.400. The topological polar surface area (TPSA) is 58.9 Å². The summed E-state index contributed by atoms with van der Waals surface area (Å²) in [6.45, 7) is 1.24. The summed E-state index contributed by atoms with van der Waals surface area (Å²) in [6, 6.07) is 4.78. The molecular weight excluding hydrogens is 184 g/mol. The molecule has 4 heteroatoms. The molecule has 0 amide bonds. The van der Waals surface area contributed by atoms with E-state index >= 15 is 0 Å². The van der Waals surface area contributed by atoms with Gasteiger partial charge in [0.25, 0.3) is 0 Å². The maximum absolute atomic E-state index is 9.39. The minimum atomic E-state index is -0.127. The average Bonchev–Trinajstić information content (AvgIpc) is 2.19. The van der Waals surface area contributed by atoms with Crippen molar-refractivity contribution in [3.8, 4) is 11.5 Å². The van der Waals surface area contributed by atoms with Crippen LogP contribution in [-0.4, -0.2) is 30.5 Å². The lowest BCUT2D eigenvalue weighted by molar-refractivity contribution is 0.0607. The molecule has 1 aromatic carbocycles. The number of phenolic OH excluding ortho intramolecular Hbond substituents is 2. The molecule has 0 unspecified atom stereocenters. The normalized spacial score (nSPS) is 10.4. The lowest BCUT2D eigenvalue weighted by Crippen LogP contribution is -2.01. The molecule has 0 bridgehead atoms. The predicted octanol–water partition coefficient (Wildman–Crippen LogP) is 1.26. The molecule has 0 aromatic heterocycles. The zero-order chi connectivity index (χ0) is 10.4. The highest BCUT2D eigenvalue weighted by Gasteiger charge is 2.04. The van der Waals surface area contributed by atoms with Gasteiger partial charge in [-0.15, -0.1) is 0 Å². The Kier molecular flexibility index (Phi) is 4.22. The number of para-hydroxylation sites is 1. The molecule has 0 aliphatic rings. The van der Waals surface area contributed by atoms with Crippen LogP contribution in [0.25, 0.3) is 0 Å². The van der Waals surface area contributed by atoms with E-state index in [-0.39, 0.29) is 18.1 Å². The van der Waals surface area contributed by atoms with Crippen LogP contribution >= 0.6 is 0 Å². The van der Waals surface area contributed by atoms with Gasteiger partial charge in [0, 0.05) is 12.7 Å². The number of ether oxygens (including phenoxy) is 2. The van der Waals surface area contributed by atoms with Crippen molar-refractivity contribution >= 4 is 0 Å². The van der Waals surface area contributed by atoms with Gasteiger partial charge in [-0.2, -0.15) is 0 Å². The highest BCUT2D eigenvalue weighted by molar-refractivity contribution is 5.43. The summed E-state index contributed by atoms with van der Waals surface area (Å²) in [5, 5.41) is 18.6. The van der Waals surface area contributed by atoms with Gasteiger partial charge < -0.3 is 19.7 Å². The van der Waals surface area contributed by atoms with Crippen molar-refractivity contribution in [3.05, 3.63) is 23.8 Å². The highest BCUT2D eigenvalue weighted by Crippen LogP contribution is 2.28. The molecule has 0 atom stereocenters. The smallest absolute Gasteiger partial charge is 0.163 e. The second-order valence-corrected chi connectivity index (χ2v) is 2.83. The molecule has 4 nitrogen and oxygen atoms in total. The minimum Gasteiger partial charge on any atom is -0.504 e. The van der Waals surface area contributed by atoms with E-state index in [9.17, 15) is 10.2 Å². The van der Waals surface area contributed by atoms with Crippen LogP contribution in [0.5, 0.6) is 11.5 Å². The molecule has 0 aliphatic heterocycles. The summed E-state index contributed by atoms with van der Waals surface area (Å²) < 4.78 is 10.00. The van der Waals surface area contributed by atoms with Crippen LogP contribution in [-0.2, 0) is 16.1 Å². The maximum Gasteiger partial charge on any atom is 0.163 e. The highest BCUT2D eigenvalue weighted by atomic mass is 16.5. The van der Waals surface area contributed by atoms with Gasteiger partial charge in [-0.05, 0) is 6.07 Å². The van der Waals surface area contributed by atoms with Crippen molar-refractivity contribution in [3.63, 3.8) is 0 Å². The predicted molar refractivity (Wildman–Crippen MR) is 51.3 cm³/mol. The number of aromatic hydroxyl groups is 2. The van der Waals surface area contributed by atoms with Crippen LogP contribution in [0.1, 0.15) is 5.56 Å². The third kappa shape index (κ3) is 2.90. The number of benzene rings is 1. The van der Waals surface area contributed by atoms with E-state index in [0.29, 0.717) is 18.8 Å². The lowest BCUT2D eigenvalue weighted by Gasteiger charge is -2.06. The van der Waals surface area contributed by atoms with E-state index in [2.05, 4.69) is 0 Å². The summed E-state index contributed by atoms with van der Waals surface area (Å²) in [5.74, 6) is -0.247. The van der Waals surface area contributed by atoms with Crippen molar-refractivity contribution in [2.24, 2.45) is 0 Å². The number of hydrogen-bond acceptors (Lipinski definition) is 4. The summed E-state index contributed by atoms with van der Waals surface area (Å²) in [7, 11) is 1.59. The number of methoxy groups -OCH3 is 1. The summed E-state index contributed by atoms with van der Waals surface area (Å²) in [4.78, 5) is 0. The zero-order valence-corrected chi connectivity index (χ0v) is 8.06. The Balaban J connectivity index is 2.46. The maximum atomic E-state index is 9.39. The molecule has 0 spiro atoms. The van der Waals surface area contributed by atoms with Crippen molar-refractivity contribution < 1.29 is 19.7 Å². The van der Waals surface area contributed by atoms with Crippen molar-refractivity contribution in [2.75, 3.05) is 20.3 Å². The molecule has 0 fully saturated rings. The quantitative estimate of drug-likeness (QED) is 0.552. The number of rotatable bonds is 5. The van der Waals surface area contributed by atoms with Crippen molar-refractivity contribution in [2.45, 2.75) is 6.61 Å². The first-order valence-corrected chi connectivity index (χ1v) is 4.32. The fourth-order valence-corrected chi connectivity index (χ4v) is 1.02. The van der Waals surface area contributed by atoms with Crippen LogP contribution in [0.15, 0.2) is 18.2 Å². The van der Waals surface area contributed by atoms with Crippen LogP contribution in [0.4, 0.5) is 0 Å². The zero-order valence-electron chi connectivity index (χ0n) is 8.06. The van der Waals surface area contributed by atoms with Crippen LogP contribution < -0.4 is 0 Å².